The van der Waals surface area contributed by atoms with Crippen molar-refractivity contribution in [2.75, 3.05) is 24.6 Å². The summed E-state index contributed by atoms with van der Waals surface area (Å²) in [5.41, 5.74) is 3.17. The fourth-order valence-electron chi connectivity index (χ4n) is 3.65. The van der Waals surface area contributed by atoms with Crippen molar-refractivity contribution in [2.45, 2.75) is 39.0 Å². The predicted octanol–water partition coefficient (Wildman–Crippen LogP) is 4.25. The lowest BCUT2D eigenvalue weighted by molar-refractivity contribution is 0.0693. The van der Waals surface area contributed by atoms with Gasteiger partial charge in [-0.3, -0.25) is 0 Å². The molecule has 2 aromatic carbocycles. The summed E-state index contributed by atoms with van der Waals surface area (Å²) < 4.78 is 5.63. The van der Waals surface area contributed by atoms with E-state index in [1.165, 1.54) is 42.3 Å². The molecule has 0 aromatic heterocycles. The highest BCUT2D eigenvalue weighted by molar-refractivity contribution is 6.02. The lowest BCUT2D eigenvalue weighted by Gasteiger charge is -2.29. The van der Waals surface area contributed by atoms with Gasteiger partial charge in [-0.2, -0.15) is 0 Å². The van der Waals surface area contributed by atoms with Crippen molar-refractivity contribution in [3.63, 3.8) is 0 Å². The van der Waals surface area contributed by atoms with Gasteiger partial charge in [0.25, 0.3) is 0 Å². The van der Waals surface area contributed by atoms with Crippen molar-refractivity contribution < 1.29 is 25.0 Å². The van der Waals surface area contributed by atoms with Crippen molar-refractivity contribution in [2.24, 2.45) is 5.16 Å². The zero-order valence-electron chi connectivity index (χ0n) is 17.6. The van der Waals surface area contributed by atoms with E-state index in [1.54, 1.807) is 0 Å². The van der Waals surface area contributed by atoms with Crippen LogP contribution in [0.15, 0.2) is 41.6 Å². The van der Waals surface area contributed by atoms with Gasteiger partial charge in [-0.1, -0.05) is 32.0 Å². The summed E-state index contributed by atoms with van der Waals surface area (Å²) >= 11 is 0. The fourth-order valence-corrected chi connectivity index (χ4v) is 3.65. The van der Waals surface area contributed by atoms with Gasteiger partial charge in [-0.25, -0.2) is 4.79 Å². The Morgan fingerprint density at radius 1 is 1.13 bits per heavy atom. The van der Waals surface area contributed by atoms with Crippen molar-refractivity contribution in [1.29, 1.82) is 0 Å². The molecule has 1 aliphatic heterocycles. The van der Waals surface area contributed by atoms with Crippen LogP contribution in [0.4, 0.5) is 5.69 Å². The lowest BCUT2D eigenvalue weighted by Crippen LogP contribution is -2.24. The van der Waals surface area contributed by atoms with Gasteiger partial charge in [0.05, 0.1) is 0 Å². The van der Waals surface area contributed by atoms with Crippen molar-refractivity contribution in [3.8, 4) is 11.5 Å². The van der Waals surface area contributed by atoms with E-state index in [9.17, 15) is 15.1 Å². The predicted molar refractivity (Wildman–Crippen MR) is 115 cm³/mol. The van der Waals surface area contributed by atoms with E-state index in [0.717, 1.165) is 18.7 Å². The molecule has 0 saturated carbocycles. The molecular weight excluding hydrogens is 384 g/mol. The van der Waals surface area contributed by atoms with Crippen LogP contribution >= 0.6 is 0 Å². The van der Waals surface area contributed by atoms with Crippen LogP contribution in [-0.2, 0) is 5.41 Å². The highest BCUT2D eigenvalue weighted by Gasteiger charge is 2.24. The minimum atomic E-state index is -1.22. The molecule has 0 spiro atoms. The molecule has 2 aromatic rings. The number of phenols is 1. The number of anilines is 1. The Morgan fingerprint density at radius 2 is 1.83 bits per heavy atom. The largest absolute Gasteiger partial charge is 0.507 e. The van der Waals surface area contributed by atoms with Gasteiger partial charge in [-0.05, 0) is 48.1 Å². The third kappa shape index (κ3) is 4.67. The number of rotatable bonds is 6. The van der Waals surface area contributed by atoms with E-state index in [2.05, 4.69) is 36.9 Å². The zero-order chi connectivity index (χ0) is 21.9. The Hall–Kier alpha value is -3.22. The number of oxime groups is 1. The number of nitrogens with zero attached hydrogens (tertiary/aromatic N) is 2. The van der Waals surface area contributed by atoms with E-state index in [0.29, 0.717) is 5.71 Å². The minimum absolute atomic E-state index is 0.0327. The number of ether oxygens (including phenoxy) is 1. The first kappa shape index (κ1) is 21.5. The van der Waals surface area contributed by atoms with Crippen LogP contribution in [-0.4, -0.2) is 46.8 Å². The monoisotopic (exact) mass is 412 g/mol. The smallest absolute Gasteiger partial charge is 0.339 e. The summed E-state index contributed by atoms with van der Waals surface area (Å²) in [6.45, 7) is 8.53. The molecule has 0 unspecified atom stereocenters. The first-order valence-electron chi connectivity index (χ1n) is 10.0. The minimum Gasteiger partial charge on any atom is -0.507 e. The van der Waals surface area contributed by atoms with Crippen molar-refractivity contribution >= 4 is 17.4 Å². The van der Waals surface area contributed by atoms with Crippen LogP contribution in [0.25, 0.3) is 0 Å². The topological polar surface area (TPSA) is 103 Å². The molecule has 0 amide bonds. The highest BCUT2D eigenvalue weighted by atomic mass is 16.5. The quantitative estimate of drug-likeness (QED) is 0.372. The summed E-state index contributed by atoms with van der Waals surface area (Å²) in [6.07, 6.45) is 2.38. The molecule has 0 bridgehead atoms. The summed E-state index contributed by atoms with van der Waals surface area (Å²) in [7, 11) is 0. The van der Waals surface area contributed by atoms with Gasteiger partial charge >= 0.3 is 5.97 Å². The number of hydrogen-bond donors (Lipinski definition) is 3. The van der Waals surface area contributed by atoms with Crippen molar-refractivity contribution in [1.82, 2.24) is 0 Å². The average molecular weight is 412 g/mol. The number of carboxylic acids is 1. The van der Waals surface area contributed by atoms with Crippen LogP contribution in [0.3, 0.4) is 0 Å². The van der Waals surface area contributed by atoms with Gasteiger partial charge < -0.3 is 25.1 Å². The van der Waals surface area contributed by atoms with Crippen molar-refractivity contribution in [3.05, 3.63) is 53.1 Å². The maximum atomic E-state index is 11.0. The molecule has 1 heterocycles. The first-order valence-corrected chi connectivity index (χ1v) is 10.0. The normalized spacial score (nSPS) is 14.8. The van der Waals surface area contributed by atoms with Crippen LogP contribution < -0.4 is 9.64 Å². The van der Waals surface area contributed by atoms with Crippen LogP contribution in [0, 0.1) is 0 Å². The van der Waals surface area contributed by atoms with Crippen LogP contribution in [0.5, 0.6) is 11.5 Å². The Kier molecular flexibility index (Phi) is 6.20. The molecule has 7 heteroatoms. The molecule has 1 aliphatic rings. The molecule has 1 fully saturated rings. The zero-order valence-corrected chi connectivity index (χ0v) is 17.6. The van der Waals surface area contributed by atoms with Gasteiger partial charge in [0.1, 0.15) is 29.4 Å². The molecule has 160 valence electrons. The number of hydrogen-bond acceptors (Lipinski definition) is 6. The third-order valence-electron chi connectivity index (χ3n) is 5.28. The van der Waals surface area contributed by atoms with Crippen LogP contribution in [0.1, 0.15) is 55.1 Å². The number of benzene rings is 2. The molecule has 1 saturated heterocycles. The van der Waals surface area contributed by atoms with E-state index >= 15 is 0 Å². The first-order chi connectivity index (χ1) is 14.2. The van der Waals surface area contributed by atoms with E-state index in [-0.39, 0.29) is 29.1 Å². The highest BCUT2D eigenvalue weighted by Crippen LogP contribution is 2.35. The molecular formula is C23H28N2O5. The van der Waals surface area contributed by atoms with Crippen LogP contribution in [0.2, 0.25) is 0 Å². The summed E-state index contributed by atoms with van der Waals surface area (Å²) in [5, 5.41) is 31.8. The maximum Gasteiger partial charge on any atom is 0.339 e. The van der Waals surface area contributed by atoms with Gasteiger partial charge in [0.2, 0.25) is 0 Å². The number of carbonyl (C=O) groups is 1. The Morgan fingerprint density at radius 3 is 2.40 bits per heavy atom. The summed E-state index contributed by atoms with van der Waals surface area (Å²) in [5.74, 6) is -1.32. The maximum absolute atomic E-state index is 11.0. The molecule has 3 rings (SSSR count). The standard InChI is InChI=1S/C23H28N2O5/c1-23(2,3)18-12-15(6-9-20(18)25-10-4-5-11-25)19(24-29)14-30-16-7-8-17(22(27)28)21(26)13-16/h6-9,12-13,26,29H,4-5,10-11,14H2,1-3H3,(H,27,28). The number of aromatic carboxylic acids is 1. The fraction of sp³-hybridized carbons (Fsp3) is 0.391. The molecule has 3 N–H and O–H groups in total. The second-order valence-electron chi connectivity index (χ2n) is 8.50. The number of carboxylic acid groups (broad SMARTS) is 1. The molecule has 0 radical (unpaired) electrons. The van der Waals surface area contributed by atoms with Gasteiger partial charge in [0.15, 0.2) is 0 Å². The van der Waals surface area contributed by atoms with Gasteiger partial charge in [0, 0.05) is 30.4 Å². The van der Waals surface area contributed by atoms with Gasteiger partial charge in [-0.15, -0.1) is 0 Å². The molecule has 0 atom stereocenters. The Bertz CT molecular complexity index is 957. The molecule has 0 aliphatic carbocycles. The summed E-state index contributed by atoms with van der Waals surface area (Å²) in [6, 6.07) is 9.99. The third-order valence-corrected chi connectivity index (χ3v) is 5.28. The summed E-state index contributed by atoms with van der Waals surface area (Å²) in [4.78, 5) is 13.4. The van der Waals surface area contributed by atoms with E-state index in [4.69, 9.17) is 9.84 Å². The molecule has 7 nitrogen and oxygen atoms in total. The second kappa shape index (κ2) is 8.65. The Balaban J connectivity index is 1.83. The average Bonchev–Trinajstić information content (AvgIpc) is 3.22. The van der Waals surface area contributed by atoms with E-state index in [1.807, 2.05) is 12.1 Å². The second-order valence-corrected chi connectivity index (χ2v) is 8.50. The Labute approximate surface area is 176 Å². The number of aromatic hydroxyl groups is 1. The molecule has 30 heavy (non-hydrogen) atoms. The SMILES string of the molecule is CC(C)(C)c1cc(C(COc2ccc(C(=O)O)c(O)c2)=NO)ccc1N1CCCC1. The van der Waals surface area contributed by atoms with E-state index < -0.39 is 5.97 Å². The lowest BCUT2D eigenvalue weighted by atomic mass is 9.84.